The average Bonchev–Trinajstić information content (AvgIpc) is 2.64. The third kappa shape index (κ3) is 4.25. The van der Waals surface area contributed by atoms with Gasteiger partial charge in [0, 0.05) is 6.07 Å². The molecule has 27 heavy (non-hydrogen) atoms. The first kappa shape index (κ1) is 20.8. The molecule has 0 saturated carbocycles. The second kappa shape index (κ2) is 8.45. The lowest BCUT2D eigenvalue weighted by Crippen LogP contribution is -2.18. The normalized spacial score (nSPS) is 12.3. The molecular formula is C21H24O5P+. The zero-order valence-electron chi connectivity index (χ0n) is 16.5. The summed E-state index contributed by atoms with van der Waals surface area (Å²) in [6.07, 6.45) is 0. The Labute approximate surface area is 160 Å². The van der Waals surface area contributed by atoms with Gasteiger partial charge in [-0.1, -0.05) is 22.3 Å². The fourth-order valence-electron chi connectivity index (χ4n) is 3.14. The van der Waals surface area contributed by atoms with E-state index in [1.54, 1.807) is 18.2 Å². The third-order valence-corrected chi connectivity index (χ3v) is 6.06. The van der Waals surface area contributed by atoms with Crippen molar-refractivity contribution >= 4 is 19.1 Å². The highest BCUT2D eigenvalue weighted by Crippen LogP contribution is 2.38. The van der Waals surface area contributed by atoms with Crippen LogP contribution in [0.15, 0.2) is 30.3 Å². The van der Waals surface area contributed by atoms with Crippen LogP contribution >= 0.6 is 7.80 Å². The number of rotatable bonds is 7. The molecule has 0 aliphatic heterocycles. The van der Waals surface area contributed by atoms with Crippen LogP contribution in [-0.4, -0.2) is 31.2 Å². The van der Waals surface area contributed by atoms with Gasteiger partial charge in [-0.15, -0.1) is 0 Å². The van der Waals surface area contributed by atoms with Gasteiger partial charge in [0.1, 0.15) is 11.5 Å². The summed E-state index contributed by atoms with van der Waals surface area (Å²) >= 11 is 0. The predicted molar refractivity (Wildman–Crippen MR) is 106 cm³/mol. The van der Waals surface area contributed by atoms with E-state index in [4.69, 9.17) is 9.47 Å². The number of carbonyl (C=O) groups is 2. The first-order chi connectivity index (χ1) is 12.7. The van der Waals surface area contributed by atoms with Gasteiger partial charge >= 0.3 is 13.3 Å². The van der Waals surface area contributed by atoms with Crippen LogP contribution in [-0.2, 0) is 4.57 Å². The molecule has 0 fully saturated rings. The van der Waals surface area contributed by atoms with Gasteiger partial charge in [-0.05, 0) is 51.0 Å². The van der Waals surface area contributed by atoms with E-state index in [0.29, 0.717) is 17.1 Å². The summed E-state index contributed by atoms with van der Waals surface area (Å²) < 4.78 is 23.3. The molecule has 0 radical (unpaired) electrons. The minimum atomic E-state index is -2.44. The van der Waals surface area contributed by atoms with Crippen molar-refractivity contribution in [3.63, 3.8) is 0 Å². The van der Waals surface area contributed by atoms with Crippen molar-refractivity contribution in [2.45, 2.75) is 33.4 Å². The summed E-state index contributed by atoms with van der Waals surface area (Å²) in [5.74, 6) is 0.471. The smallest absolute Gasteiger partial charge is 0.431 e. The Kier molecular flexibility index (Phi) is 6.50. The molecule has 0 bridgehead atoms. The van der Waals surface area contributed by atoms with Gasteiger partial charge in [0.05, 0.1) is 25.3 Å². The van der Waals surface area contributed by atoms with E-state index in [9.17, 15) is 14.2 Å². The minimum absolute atomic E-state index is 0.277. The van der Waals surface area contributed by atoms with Crippen molar-refractivity contribution in [1.29, 1.82) is 0 Å². The predicted octanol–water partition coefficient (Wildman–Crippen LogP) is 4.87. The highest BCUT2D eigenvalue weighted by Gasteiger charge is 2.43. The zero-order valence-corrected chi connectivity index (χ0v) is 17.3. The molecule has 0 amide bonds. The first-order valence-corrected chi connectivity index (χ1v) is 9.88. The van der Waals surface area contributed by atoms with E-state index < -0.39 is 24.8 Å². The van der Waals surface area contributed by atoms with Crippen molar-refractivity contribution in [2.24, 2.45) is 0 Å². The van der Waals surface area contributed by atoms with Crippen molar-refractivity contribution in [2.75, 3.05) is 14.2 Å². The molecule has 2 aromatic carbocycles. The Morgan fingerprint density at radius 2 is 1.56 bits per heavy atom. The molecule has 2 rings (SSSR count). The van der Waals surface area contributed by atoms with Crippen molar-refractivity contribution in [3.8, 4) is 11.5 Å². The summed E-state index contributed by atoms with van der Waals surface area (Å²) in [6.45, 7) is 7.09. The van der Waals surface area contributed by atoms with Crippen LogP contribution in [0.25, 0.3) is 0 Å². The Morgan fingerprint density at radius 1 is 0.963 bits per heavy atom. The van der Waals surface area contributed by atoms with Gasteiger partial charge < -0.3 is 9.47 Å². The number of benzene rings is 2. The number of hydrogen-bond donors (Lipinski definition) is 0. The molecule has 5 nitrogen and oxygen atoms in total. The average molecular weight is 387 g/mol. The van der Waals surface area contributed by atoms with Crippen LogP contribution in [0.1, 0.15) is 44.3 Å². The Balaban J connectivity index is 2.35. The van der Waals surface area contributed by atoms with Crippen molar-refractivity contribution < 1.29 is 23.6 Å². The molecule has 0 spiro atoms. The van der Waals surface area contributed by atoms with Crippen LogP contribution < -0.4 is 9.47 Å². The fourth-order valence-corrected chi connectivity index (χ4v) is 4.41. The lowest BCUT2D eigenvalue weighted by atomic mass is 10.0. The highest BCUT2D eigenvalue weighted by molar-refractivity contribution is 7.66. The maximum atomic E-state index is 12.9. The fraction of sp³-hybridized carbons (Fsp3) is 0.333. The molecule has 0 aliphatic carbocycles. The molecular weight excluding hydrogens is 363 g/mol. The lowest BCUT2D eigenvalue weighted by Gasteiger charge is -2.10. The molecule has 2 atom stereocenters. The van der Waals surface area contributed by atoms with E-state index in [-0.39, 0.29) is 5.56 Å². The number of Topliss-reactive ketones (excluding diaryl/α,β-unsaturated/α-hetero) is 1. The topological polar surface area (TPSA) is 69.7 Å². The molecule has 0 heterocycles. The van der Waals surface area contributed by atoms with E-state index in [1.807, 2.05) is 32.9 Å². The number of aryl methyl sites for hydroxylation is 3. The van der Waals surface area contributed by atoms with Crippen molar-refractivity contribution in [3.05, 3.63) is 58.1 Å². The van der Waals surface area contributed by atoms with Gasteiger partial charge in [0.15, 0.2) is 0 Å². The number of ketones is 1. The van der Waals surface area contributed by atoms with Gasteiger partial charge in [0.2, 0.25) is 11.4 Å². The standard InChI is InChI=1S/C21H24O5P/c1-12-9-13(2)19(14(3)10-12)21(23)27(24)15(4)20(22)17-8-7-16(25-5)11-18(17)26-6/h7-11,15H,1-6H3/q+1. The summed E-state index contributed by atoms with van der Waals surface area (Å²) in [5, 5.41) is 0. The second-order valence-electron chi connectivity index (χ2n) is 6.51. The Hall–Kier alpha value is -2.52. The van der Waals surface area contributed by atoms with Crippen molar-refractivity contribution in [1.82, 2.24) is 0 Å². The summed E-state index contributed by atoms with van der Waals surface area (Å²) in [7, 11) is 0.521. The van der Waals surface area contributed by atoms with Crippen LogP contribution in [0, 0.1) is 20.8 Å². The van der Waals surface area contributed by atoms with Gasteiger partial charge in [-0.2, -0.15) is 0 Å². The van der Waals surface area contributed by atoms with Gasteiger partial charge in [-0.25, -0.2) is 4.79 Å². The van der Waals surface area contributed by atoms with E-state index in [2.05, 4.69) is 0 Å². The molecule has 0 N–H and O–H groups in total. The third-order valence-electron chi connectivity index (χ3n) is 4.50. The summed E-state index contributed by atoms with van der Waals surface area (Å²) in [5.41, 5.74) is 1.82. The maximum absolute atomic E-state index is 12.9. The lowest BCUT2D eigenvalue weighted by molar-refractivity contribution is 0.0979. The summed E-state index contributed by atoms with van der Waals surface area (Å²) in [6, 6.07) is 8.53. The van der Waals surface area contributed by atoms with Crippen LogP contribution in [0.3, 0.4) is 0 Å². The SMILES string of the molecule is COc1ccc(C(=O)C(C)[P+](=O)C(=O)c2c(C)cc(C)cc2C)c(OC)c1. The highest BCUT2D eigenvalue weighted by atomic mass is 31.1. The maximum Gasteiger partial charge on any atom is 0.431 e. The second-order valence-corrected chi connectivity index (χ2v) is 8.34. The van der Waals surface area contributed by atoms with E-state index >= 15 is 0 Å². The molecule has 142 valence electrons. The number of methoxy groups -OCH3 is 2. The zero-order chi connectivity index (χ0) is 20.3. The minimum Gasteiger partial charge on any atom is -0.497 e. The number of hydrogen-bond acceptors (Lipinski definition) is 5. The molecule has 2 unspecified atom stereocenters. The number of ether oxygens (including phenoxy) is 2. The van der Waals surface area contributed by atoms with Crippen LogP contribution in [0.4, 0.5) is 0 Å². The largest absolute Gasteiger partial charge is 0.497 e. The monoisotopic (exact) mass is 387 g/mol. The summed E-state index contributed by atoms with van der Waals surface area (Å²) in [4.78, 5) is 25.7. The Morgan fingerprint density at radius 3 is 2.07 bits per heavy atom. The van der Waals surface area contributed by atoms with Gasteiger partial charge in [0.25, 0.3) is 0 Å². The van der Waals surface area contributed by atoms with E-state index in [0.717, 1.165) is 16.7 Å². The molecule has 0 aromatic heterocycles. The quantitative estimate of drug-likeness (QED) is 0.501. The first-order valence-electron chi connectivity index (χ1n) is 8.56. The van der Waals surface area contributed by atoms with E-state index in [1.165, 1.54) is 21.1 Å². The van der Waals surface area contributed by atoms with Gasteiger partial charge in [-0.3, -0.25) is 4.79 Å². The van der Waals surface area contributed by atoms with Crippen LogP contribution in [0.2, 0.25) is 0 Å². The number of carbonyl (C=O) groups excluding carboxylic acids is 2. The molecule has 0 saturated heterocycles. The van der Waals surface area contributed by atoms with Crippen LogP contribution in [0.5, 0.6) is 11.5 Å². The molecule has 2 aromatic rings. The molecule has 6 heteroatoms. The Bertz CT molecular complexity index is 894. The molecule has 0 aliphatic rings.